The van der Waals surface area contributed by atoms with Gasteiger partial charge in [0.05, 0.1) is 18.8 Å². The molecule has 1 aromatic carbocycles. The van der Waals surface area contributed by atoms with Crippen LogP contribution in [0.5, 0.6) is 0 Å². The number of guanidine groups is 1. The molecule has 2 aromatic heterocycles. The summed E-state index contributed by atoms with van der Waals surface area (Å²) >= 11 is 0. The molecule has 0 radical (unpaired) electrons. The summed E-state index contributed by atoms with van der Waals surface area (Å²) in [5.74, 6) is 1.83. The lowest BCUT2D eigenvalue weighted by Crippen LogP contribution is -2.45. The van der Waals surface area contributed by atoms with Crippen LogP contribution in [-0.4, -0.2) is 54.3 Å². The molecule has 0 bridgehead atoms. The largest absolute Gasteiger partial charge is 0.372 e. The normalized spacial score (nSPS) is 19.2. The molecule has 1 aliphatic heterocycles. The number of rotatable bonds is 7. The van der Waals surface area contributed by atoms with Gasteiger partial charge >= 0.3 is 0 Å². The van der Waals surface area contributed by atoms with Crippen molar-refractivity contribution in [1.29, 1.82) is 0 Å². The Morgan fingerprint density at radius 2 is 2.00 bits per heavy atom. The third-order valence-corrected chi connectivity index (χ3v) is 5.93. The number of nitrogens with zero attached hydrogens (tertiary/aromatic N) is 3. The Bertz CT molecular complexity index is 1060. The molecule has 4 rings (SSSR count). The van der Waals surface area contributed by atoms with Gasteiger partial charge in [-0.2, -0.15) is 0 Å². The number of aryl methyl sites for hydroxylation is 1. The van der Waals surface area contributed by atoms with Crippen LogP contribution in [0.3, 0.4) is 0 Å². The summed E-state index contributed by atoms with van der Waals surface area (Å²) in [6.45, 7) is 12.4. The summed E-state index contributed by atoms with van der Waals surface area (Å²) in [6, 6.07) is 10.8. The fourth-order valence-corrected chi connectivity index (χ4v) is 4.40. The number of benzene rings is 1. The average molecular weight is 449 g/mol. The molecule has 176 valence electrons. The van der Waals surface area contributed by atoms with Gasteiger partial charge in [0.15, 0.2) is 5.96 Å². The van der Waals surface area contributed by atoms with Gasteiger partial charge in [0.25, 0.3) is 0 Å². The van der Waals surface area contributed by atoms with Crippen LogP contribution in [0, 0.1) is 6.92 Å². The van der Waals surface area contributed by atoms with Crippen LogP contribution in [0.1, 0.15) is 37.5 Å². The van der Waals surface area contributed by atoms with E-state index in [-0.39, 0.29) is 12.2 Å². The second-order valence-corrected chi connectivity index (χ2v) is 8.92. The molecular weight excluding hydrogens is 412 g/mol. The van der Waals surface area contributed by atoms with Crippen molar-refractivity contribution in [1.82, 2.24) is 20.6 Å². The van der Waals surface area contributed by atoms with E-state index in [1.165, 1.54) is 22.0 Å². The molecule has 1 fully saturated rings. The highest BCUT2D eigenvalue weighted by Gasteiger charge is 2.22. The Morgan fingerprint density at radius 1 is 1.18 bits per heavy atom. The molecule has 7 heteroatoms. The molecule has 0 spiro atoms. The smallest absolute Gasteiger partial charge is 0.191 e. The maximum absolute atomic E-state index is 5.83. The topological polar surface area (TPSA) is 77.6 Å². The van der Waals surface area contributed by atoms with Crippen molar-refractivity contribution in [2.45, 2.75) is 52.9 Å². The second-order valence-electron chi connectivity index (χ2n) is 8.92. The van der Waals surface area contributed by atoms with Gasteiger partial charge in [-0.05, 0) is 62.9 Å². The number of hydrogen-bond acceptors (Lipinski definition) is 4. The quantitative estimate of drug-likeness (QED) is 0.379. The van der Waals surface area contributed by atoms with Crippen molar-refractivity contribution in [2.24, 2.45) is 4.99 Å². The molecular formula is C26H36N6O. The van der Waals surface area contributed by atoms with Crippen LogP contribution < -0.4 is 15.5 Å². The SMILES string of the molecule is CCNC(=NCc1ccc(N2CC(C)OC(C)C2)nc1)NCCc1c[nH]c2cc(C)ccc12. The van der Waals surface area contributed by atoms with Crippen molar-refractivity contribution >= 4 is 22.7 Å². The number of aliphatic imine (C=N–C) groups is 1. The van der Waals surface area contributed by atoms with E-state index in [9.17, 15) is 0 Å². The van der Waals surface area contributed by atoms with Gasteiger partial charge in [-0.1, -0.05) is 18.2 Å². The Balaban J connectivity index is 1.32. The molecule has 0 amide bonds. The van der Waals surface area contributed by atoms with Gasteiger partial charge in [-0.3, -0.25) is 0 Å². The Labute approximate surface area is 196 Å². The highest BCUT2D eigenvalue weighted by molar-refractivity contribution is 5.84. The van der Waals surface area contributed by atoms with Gasteiger partial charge in [-0.15, -0.1) is 0 Å². The average Bonchev–Trinajstić information content (AvgIpc) is 3.19. The van der Waals surface area contributed by atoms with Crippen LogP contribution in [0.4, 0.5) is 5.82 Å². The maximum Gasteiger partial charge on any atom is 0.191 e. The molecule has 3 aromatic rings. The van der Waals surface area contributed by atoms with Crippen molar-refractivity contribution in [3.05, 3.63) is 59.4 Å². The summed E-state index contributed by atoms with van der Waals surface area (Å²) in [6.07, 6.45) is 5.42. The number of pyridine rings is 1. The first-order valence-corrected chi connectivity index (χ1v) is 12.0. The van der Waals surface area contributed by atoms with Crippen LogP contribution in [0.15, 0.2) is 47.7 Å². The fraction of sp³-hybridized carbons (Fsp3) is 0.462. The first-order chi connectivity index (χ1) is 16.0. The number of morpholine rings is 1. The zero-order chi connectivity index (χ0) is 23.2. The van der Waals surface area contributed by atoms with Gasteiger partial charge in [0.1, 0.15) is 5.82 Å². The minimum atomic E-state index is 0.224. The molecule has 33 heavy (non-hydrogen) atoms. The van der Waals surface area contributed by atoms with E-state index in [1.807, 2.05) is 6.20 Å². The van der Waals surface area contributed by atoms with Crippen LogP contribution in [0.25, 0.3) is 10.9 Å². The van der Waals surface area contributed by atoms with E-state index < -0.39 is 0 Å². The molecule has 1 aliphatic rings. The van der Waals surface area contributed by atoms with Crippen LogP contribution in [-0.2, 0) is 17.7 Å². The highest BCUT2D eigenvalue weighted by Crippen LogP contribution is 2.20. The Hall–Kier alpha value is -3.06. The zero-order valence-corrected chi connectivity index (χ0v) is 20.2. The summed E-state index contributed by atoms with van der Waals surface area (Å²) in [5, 5.41) is 8.09. The number of H-pyrrole nitrogens is 1. The van der Waals surface area contributed by atoms with Crippen molar-refractivity contribution < 1.29 is 4.74 Å². The molecule has 0 saturated carbocycles. The molecule has 2 atom stereocenters. The summed E-state index contributed by atoms with van der Waals surface area (Å²) < 4.78 is 5.83. The molecule has 2 unspecified atom stereocenters. The van der Waals surface area contributed by atoms with Gasteiger partial charge in [-0.25, -0.2) is 9.98 Å². The molecule has 7 nitrogen and oxygen atoms in total. The van der Waals surface area contributed by atoms with Crippen molar-refractivity contribution in [2.75, 3.05) is 31.1 Å². The van der Waals surface area contributed by atoms with Crippen LogP contribution >= 0.6 is 0 Å². The summed E-state index contributed by atoms with van der Waals surface area (Å²) in [4.78, 5) is 15.1. The Morgan fingerprint density at radius 3 is 2.73 bits per heavy atom. The lowest BCUT2D eigenvalue weighted by molar-refractivity contribution is -0.00545. The second kappa shape index (κ2) is 10.7. The van der Waals surface area contributed by atoms with E-state index in [0.29, 0.717) is 6.54 Å². The third kappa shape index (κ3) is 6.05. The summed E-state index contributed by atoms with van der Waals surface area (Å²) in [5.41, 5.74) is 4.88. The van der Waals surface area contributed by atoms with E-state index >= 15 is 0 Å². The minimum absolute atomic E-state index is 0.224. The number of ether oxygens (including phenoxy) is 1. The highest BCUT2D eigenvalue weighted by atomic mass is 16.5. The van der Waals surface area contributed by atoms with E-state index in [1.54, 1.807) is 0 Å². The first kappa shape index (κ1) is 23.1. The third-order valence-electron chi connectivity index (χ3n) is 5.93. The predicted octanol–water partition coefficient (Wildman–Crippen LogP) is 3.78. The zero-order valence-electron chi connectivity index (χ0n) is 20.2. The predicted molar refractivity (Wildman–Crippen MR) is 136 cm³/mol. The van der Waals surface area contributed by atoms with E-state index in [4.69, 9.17) is 9.73 Å². The molecule has 3 heterocycles. The van der Waals surface area contributed by atoms with Crippen molar-refractivity contribution in [3.8, 4) is 0 Å². The lowest BCUT2D eigenvalue weighted by atomic mass is 10.1. The first-order valence-electron chi connectivity index (χ1n) is 12.0. The molecule has 3 N–H and O–H groups in total. The van der Waals surface area contributed by atoms with E-state index in [0.717, 1.165) is 49.9 Å². The van der Waals surface area contributed by atoms with Crippen molar-refractivity contribution in [3.63, 3.8) is 0 Å². The number of aromatic nitrogens is 2. The van der Waals surface area contributed by atoms with E-state index in [2.05, 4.69) is 89.7 Å². The minimum Gasteiger partial charge on any atom is -0.372 e. The fourth-order valence-electron chi connectivity index (χ4n) is 4.40. The van der Waals surface area contributed by atoms with Crippen LogP contribution in [0.2, 0.25) is 0 Å². The van der Waals surface area contributed by atoms with Gasteiger partial charge < -0.3 is 25.3 Å². The standard InChI is InChI=1S/C26H36N6O/c1-5-27-26(28-11-10-22-15-29-24-12-18(2)6-8-23(22)24)31-14-21-7-9-25(30-13-21)32-16-19(3)33-20(4)17-32/h6-9,12-13,15,19-20,29H,5,10-11,14,16-17H2,1-4H3,(H2,27,28,31). The Kier molecular flexibility index (Phi) is 7.50. The monoisotopic (exact) mass is 448 g/mol. The number of nitrogens with one attached hydrogen (secondary N) is 3. The molecule has 0 aliphatic carbocycles. The number of anilines is 1. The maximum atomic E-state index is 5.83. The number of fused-ring (bicyclic) bond motifs is 1. The lowest BCUT2D eigenvalue weighted by Gasteiger charge is -2.36. The summed E-state index contributed by atoms with van der Waals surface area (Å²) in [7, 11) is 0. The molecule has 1 saturated heterocycles. The number of aromatic amines is 1. The van der Waals surface area contributed by atoms with Gasteiger partial charge in [0.2, 0.25) is 0 Å². The number of hydrogen-bond donors (Lipinski definition) is 3. The van der Waals surface area contributed by atoms with Gasteiger partial charge in [0, 0.05) is 49.5 Å².